The number of thioether (sulfide) groups is 1. The van der Waals surface area contributed by atoms with Gasteiger partial charge in [-0.3, -0.25) is 24.1 Å². The van der Waals surface area contributed by atoms with Gasteiger partial charge in [-0.15, -0.1) is 0 Å². The third kappa shape index (κ3) is 5.30. The van der Waals surface area contributed by atoms with E-state index in [0.29, 0.717) is 28.3 Å². The standard InChI is InChI=1S/C21H16F2N2O6S/c1-11(26)31-16-6-3-12(7-17(16)30-2)8-18-20(28)25(21(29)32-18)10-19(27)24-15-5-4-13(22)9-14(15)23/h3-9H,10H2,1-2H3,(H,24,27)/b18-8-. The lowest BCUT2D eigenvalue weighted by molar-refractivity contribution is -0.132. The van der Waals surface area contributed by atoms with Crippen molar-refractivity contribution >= 4 is 46.5 Å². The lowest BCUT2D eigenvalue weighted by atomic mass is 10.2. The third-order valence-corrected chi connectivity index (χ3v) is 5.03. The molecule has 2 aromatic rings. The monoisotopic (exact) mass is 462 g/mol. The Morgan fingerprint density at radius 3 is 2.53 bits per heavy atom. The van der Waals surface area contributed by atoms with E-state index in [4.69, 9.17) is 9.47 Å². The quantitative estimate of drug-likeness (QED) is 0.398. The Hall–Kier alpha value is -3.73. The van der Waals surface area contributed by atoms with Gasteiger partial charge in [0, 0.05) is 13.0 Å². The van der Waals surface area contributed by atoms with Crippen LogP contribution in [0.25, 0.3) is 6.08 Å². The summed E-state index contributed by atoms with van der Waals surface area (Å²) >= 11 is 0.627. The molecule has 11 heteroatoms. The van der Waals surface area contributed by atoms with Crippen molar-refractivity contribution < 1.29 is 37.4 Å². The summed E-state index contributed by atoms with van der Waals surface area (Å²) in [5.41, 5.74) is 0.208. The first kappa shape index (κ1) is 22.9. The van der Waals surface area contributed by atoms with Crippen LogP contribution in [0.2, 0.25) is 0 Å². The number of imide groups is 1. The maximum Gasteiger partial charge on any atom is 0.308 e. The van der Waals surface area contributed by atoms with Gasteiger partial charge in [-0.2, -0.15) is 0 Å². The first-order chi connectivity index (χ1) is 15.2. The number of esters is 1. The molecule has 0 bridgehead atoms. The highest BCUT2D eigenvalue weighted by atomic mass is 32.2. The zero-order chi connectivity index (χ0) is 23.4. The number of ether oxygens (including phenoxy) is 2. The third-order valence-electron chi connectivity index (χ3n) is 4.12. The number of hydrogen-bond acceptors (Lipinski definition) is 7. The summed E-state index contributed by atoms with van der Waals surface area (Å²) < 4.78 is 36.8. The lowest BCUT2D eigenvalue weighted by Crippen LogP contribution is -2.36. The molecular formula is C21H16F2N2O6S. The van der Waals surface area contributed by atoms with E-state index in [9.17, 15) is 28.0 Å². The summed E-state index contributed by atoms with van der Waals surface area (Å²) in [6, 6.07) is 7.13. The highest BCUT2D eigenvalue weighted by molar-refractivity contribution is 8.18. The van der Waals surface area contributed by atoms with Crippen LogP contribution in [0.1, 0.15) is 12.5 Å². The Bertz CT molecular complexity index is 1150. The normalized spacial score (nSPS) is 14.6. The van der Waals surface area contributed by atoms with Gasteiger partial charge in [-0.1, -0.05) is 6.07 Å². The highest BCUT2D eigenvalue weighted by Gasteiger charge is 2.36. The number of carbonyl (C=O) groups excluding carboxylic acids is 4. The summed E-state index contributed by atoms with van der Waals surface area (Å²) in [7, 11) is 1.38. The van der Waals surface area contributed by atoms with Crippen LogP contribution in [0.5, 0.6) is 11.5 Å². The molecular weight excluding hydrogens is 446 g/mol. The highest BCUT2D eigenvalue weighted by Crippen LogP contribution is 2.34. The number of methoxy groups -OCH3 is 1. The largest absolute Gasteiger partial charge is 0.493 e. The molecule has 32 heavy (non-hydrogen) atoms. The van der Waals surface area contributed by atoms with Crippen LogP contribution in [0.4, 0.5) is 19.3 Å². The Labute approximate surface area is 185 Å². The average molecular weight is 462 g/mol. The summed E-state index contributed by atoms with van der Waals surface area (Å²) in [5.74, 6) is -3.43. The molecule has 0 unspecified atom stereocenters. The number of nitrogens with zero attached hydrogens (tertiary/aromatic N) is 1. The van der Waals surface area contributed by atoms with E-state index in [1.165, 1.54) is 32.2 Å². The molecule has 0 aromatic heterocycles. The van der Waals surface area contributed by atoms with Gasteiger partial charge in [-0.25, -0.2) is 8.78 Å². The van der Waals surface area contributed by atoms with Crippen LogP contribution in [0.3, 0.4) is 0 Å². The zero-order valence-electron chi connectivity index (χ0n) is 16.8. The first-order valence-electron chi connectivity index (χ1n) is 9.04. The summed E-state index contributed by atoms with van der Waals surface area (Å²) in [5, 5.41) is 1.51. The Morgan fingerprint density at radius 1 is 1.12 bits per heavy atom. The van der Waals surface area contributed by atoms with Crippen molar-refractivity contribution in [3.8, 4) is 11.5 Å². The Balaban J connectivity index is 1.73. The van der Waals surface area contributed by atoms with E-state index in [1.54, 1.807) is 6.07 Å². The molecule has 3 amide bonds. The summed E-state index contributed by atoms with van der Waals surface area (Å²) in [6.07, 6.45) is 1.42. The van der Waals surface area contributed by atoms with Crippen LogP contribution in [-0.2, 0) is 14.4 Å². The molecule has 1 N–H and O–H groups in total. The number of halogens is 2. The van der Waals surface area contributed by atoms with Gasteiger partial charge in [0.1, 0.15) is 18.2 Å². The van der Waals surface area contributed by atoms with Gasteiger partial charge in [0.25, 0.3) is 11.1 Å². The minimum Gasteiger partial charge on any atom is -0.493 e. The van der Waals surface area contributed by atoms with Crippen molar-refractivity contribution in [3.05, 3.63) is 58.5 Å². The number of nitrogens with one attached hydrogen (secondary N) is 1. The molecule has 1 aliphatic heterocycles. The van der Waals surface area contributed by atoms with E-state index in [2.05, 4.69) is 5.32 Å². The predicted molar refractivity (Wildman–Crippen MR) is 112 cm³/mol. The SMILES string of the molecule is COc1cc(/C=C2\SC(=O)N(CC(=O)Nc3ccc(F)cc3F)C2=O)ccc1OC(C)=O. The molecule has 1 fully saturated rings. The number of rotatable bonds is 6. The number of amides is 3. The molecule has 1 heterocycles. The molecule has 8 nitrogen and oxygen atoms in total. The van der Waals surface area contributed by atoms with Crippen molar-refractivity contribution in [1.82, 2.24) is 4.90 Å². The fraction of sp³-hybridized carbons (Fsp3) is 0.143. The second kappa shape index (κ2) is 9.60. The first-order valence-corrected chi connectivity index (χ1v) is 9.86. The molecule has 2 aromatic carbocycles. The Kier molecular flexibility index (Phi) is 6.89. The molecule has 1 aliphatic rings. The van der Waals surface area contributed by atoms with Gasteiger partial charge >= 0.3 is 5.97 Å². The van der Waals surface area contributed by atoms with Crippen LogP contribution < -0.4 is 14.8 Å². The number of carbonyl (C=O) groups is 4. The van der Waals surface area contributed by atoms with Gasteiger partial charge in [0.15, 0.2) is 11.5 Å². The summed E-state index contributed by atoms with van der Waals surface area (Å²) in [6.45, 7) is 0.595. The second-order valence-corrected chi connectivity index (χ2v) is 7.44. The van der Waals surface area contributed by atoms with E-state index in [1.807, 2.05) is 0 Å². The molecule has 1 saturated heterocycles. The van der Waals surface area contributed by atoms with Crippen LogP contribution >= 0.6 is 11.8 Å². The minimum absolute atomic E-state index is 0.0538. The van der Waals surface area contributed by atoms with Gasteiger partial charge in [-0.05, 0) is 47.7 Å². The lowest BCUT2D eigenvalue weighted by Gasteiger charge is -2.13. The van der Waals surface area contributed by atoms with E-state index < -0.39 is 41.2 Å². The molecule has 166 valence electrons. The maximum absolute atomic E-state index is 13.7. The van der Waals surface area contributed by atoms with Crippen molar-refractivity contribution in [3.63, 3.8) is 0 Å². The number of benzene rings is 2. The van der Waals surface area contributed by atoms with E-state index in [0.717, 1.165) is 12.1 Å². The second-order valence-electron chi connectivity index (χ2n) is 6.44. The van der Waals surface area contributed by atoms with Crippen molar-refractivity contribution in [1.29, 1.82) is 0 Å². The van der Waals surface area contributed by atoms with Crippen molar-refractivity contribution in [2.45, 2.75) is 6.92 Å². The van der Waals surface area contributed by atoms with Crippen molar-refractivity contribution in [2.75, 3.05) is 19.0 Å². The number of hydrogen-bond donors (Lipinski definition) is 1. The zero-order valence-corrected chi connectivity index (χ0v) is 17.6. The molecule has 3 rings (SSSR count). The van der Waals surface area contributed by atoms with Gasteiger partial charge in [0.2, 0.25) is 5.91 Å². The van der Waals surface area contributed by atoms with Gasteiger partial charge in [0.05, 0.1) is 17.7 Å². The van der Waals surface area contributed by atoms with E-state index in [-0.39, 0.29) is 22.1 Å². The fourth-order valence-corrected chi connectivity index (χ4v) is 3.56. The Morgan fingerprint density at radius 2 is 1.88 bits per heavy atom. The van der Waals surface area contributed by atoms with Crippen molar-refractivity contribution in [2.24, 2.45) is 0 Å². The maximum atomic E-state index is 13.7. The number of anilines is 1. The van der Waals surface area contributed by atoms with Crippen LogP contribution in [-0.4, -0.2) is 41.6 Å². The molecule has 0 atom stereocenters. The smallest absolute Gasteiger partial charge is 0.308 e. The summed E-state index contributed by atoms with van der Waals surface area (Å²) in [4.78, 5) is 48.9. The van der Waals surface area contributed by atoms with Crippen LogP contribution in [0.15, 0.2) is 41.3 Å². The fourth-order valence-electron chi connectivity index (χ4n) is 2.72. The molecule has 0 radical (unpaired) electrons. The molecule has 0 aliphatic carbocycles. The topological polar surface area (TPSA) is 102 Å². The molecule has 0 saturated carbocycles. The van der Waals surface area contributed by atoms with Gasteiger partial charge < -0.3 is 14.8 Å². The minimum atomic E-state index is -0.987. The van der Waals surface area contributed by atoms with E-state index >= 15 is 0 Å². The van der Waals surface area contributed by atoms with Crippen LogP contribution in [0, 0.1) is 11.6 Å². The molecule has 0 spiro atoms. The average Bonchev–Trinajstić information content (AvgIpc) is 2.98. The predicted octanol–water partition coefficient (Wildman–Crippen LogP) is 3.57.